The van der Waals surface area contributed by atoms with Gasteiger partial charge < -0.3 is 34.8 Å². The van der Waals surface area contributed by atoms with Gasteiger partial charge in [-0.3, -0.25) is 33.4 Å². The molecule has 0 aromatic heterocycles. The van der Waals surface area contributed by atoms with E-state index in [4.69, 9.17) is 82.8 Å². The molecule has 21 heteroatoms. The van der Waals surface area contributed by atoms with Crippen molar-refractivity contribution >= 4 is 100 Å². The number of aryl methyl sites for hydroxylation is 2. The van der Waals surface area contributed by atoms with Crippen molar-refractivity contribution in [1.29, 1.82) is 0 Å². The number of amides is 4. The Hall–Kier alpha value is -4.69. The predicted molar refractivity (Wildman–Crippen MR) is 269 cm³/mol. The number of para-hydroxylation sites is 3. The first kappa shape index (κ1) is 58.6. The number of nitrogens with two attached hydrogens (primary N) is 1. The van der Waals surface area contributed by atoms with Gasteiger partial charge in [0, 0.05) is 37.1 Å². The third-order valence-corrected chi connectivity index (χ3v) is 12.7. The van der Waals surface area contributed by atoms with Crippen LogP contribution in [0, 0.1) is 18.2 Å². The highest BCUT2D eigenvalue weighted by Crippen LogP contribution is 2.40. The lowest BCUT2D eigenvalue weighted by molar-refractivity contribution is -0.138. The maximum Gasteiger partial charge on any atom is 0.320 e. The Bertz CT molecular complexity index is 2400. The lowest BCUT2D eigenvalue weighted by Crippen LogP contribution is -2.47. The largest absolute Gasteiger partial charge is 0.489 e. The average Bonchev–Trinajstić information content (AvgIpc) is 3.58. The smallest absolute Gasteiger partial charge is 0.320 e. The quantitative estimate of drug-likeness (QED) is 0.0455. The first-order chi connectivity index (χ1) is 32.6. The van der Waals surface area contributed by atoms with Crippen LogP contribution >= 0.6 is 53.8 Å². The number of carboxylic acid groups (broad SMARTS) is 1. The SMILES string of the molecule is C#CC(C)Oc1cc(N2C(=O)C3=C(CCCC3)C2=O)c(F)cc1Cl.CC1COc2ccccc2N1C(=O)C(Cl)Cl.CCc1cccc(CC)c1N(COC)C(=O)CCl.CP(=O)(O)CCC(N)C(=O)O. The maximum absolute atomic E-state index is 14.4. The van der Waals surface area contributed by atoms with Crippen LogP contribution in [0.15, 0.2) is 65.7 Å². The third-order valence-electron chi connectivity index (χ3n) is 10.7. The number of benzene rings is 3. The molecule has 1 aliphatic carbocycles. The number of carboxylic acids is 1. The van der Waals surface area contributed by atoms with Crippen LogP contribution in [-0.4, -0.2) is 102 Å². The molecule has 0 saturated heterocycles. The van der Waals surface area contributed by atoms with Gasteiger partial charge in [-0.15, -0.1) is 18.0 Å². The molecule has 0 saturated carbocycles. The van der Waals surface area contributed by atoms with Crippen molar-refractivity contribution in [2.45, 2.75) is 95.7 Å². The molecule has 0 spiro atoms. The summed E-state index contributed by atoms with van der Waals surface area (Å²) in [6.07, 6.45) is 9.22. The molecule has 3 aromatic carbocycles. The maximum atomic E-state index is 14.4. The number of terminal acetylenes is 1. The number of methoxy groups -OCH3 is 1. The third kappa shape index (κ3) is 16.2. The normalized spacial score (nSPS) is 16.6. The summed E-state index contributed by atoms with van der Waals surface area (Å²) in [7, 11) is -1.52. The number of imide groups is 1. The van der Waals surface area contributed by atoms with E-state index in [1.165, 1.54) is 12.7 Å². The Balaban J connectivity index is 0.000000253. The van der Waals surface area contributed by atoms with E-state index in [0.717, 1.165) is 59.2 Å². The van der Waals surface area contributed by atoms with Gasteiger partial charge in [-0.05, 0) is 88.1 Å². The van der Waals surface area contributed by atoms with E-state index in [-0.39, 0.29) is 59.5 Å². The zero-order valence-corrected chi connectivity index (χ0v) is 43.1. The molecule has 0 radical (unpaired) electrons. The van der Waals surface area contributed by atoms with Crippen LogP contribution in [0.4, 0.5) is 21.5 Å². The van der Waals surface area contributed by atoms with Gasteiger partial charge in [0.2, 0.25) is 5.91 Å². The van der Waals surface area contributed by atoms with Crippen LogP contribution in [0.3, 0.4) is 0 Å². The number of fused-ring (bicyclic) bond motifs is 1. The fraction of sp³-hybridized carbons (Fsp3) is 0.438. The lowest BCUT2D eigenvalue weighted by atomic mass is 9.93. The Morgan fingerprint density at radius 1 is 1.03 bits per heavy atom. The summed E-state index contributed by atoms with van der Waals surface area (Å²) < 4.78 is 41.1. The zero-order chi connectivity index (χ0) is 51.7. The number of alkyl halides is 3. The first-order valence-electron chi connectivity index (χ1n) is 21.9. The van der Waals surface area contributed by atoms with Crippen LogP contribution in [0.2, 0.25) is 5.02 Å². The number of halogens is 5. The van der Waals surface area contributed by atoms with Crippen LogP contribution in [-0.2, 0) is 46.1 Å². The molecule has 376 valence electrons. The van der Waals surface area contributed by atoms with E-state index >= 15 is 0 Å². The summed E-state index contributed by atoms with van der Waals surface area (Å²) in [5, 5.41) is 8.31. The Kier molecular flexibility index (Phi) is 23.5. The monoisotopic (exact) mass is 1060 g/mol. The van der Waals surface area contributed by atoms with Gasteiger partial charge in [0.25, 0.3) is 17.7 Å². The molecule has 0 fully saturated rings. The molecule has 3 aliphatic rings. The van der Waals surface area contributed by atoms with E-state index in [2.05, 4.69) is 19.8 Å². The molecule has 4 unspecified atom stereocenters. The zero-order valence-electron chi connectivity index (χ0n) is 39.2. The summed E-state index contributed by atoms with van der Waals surface area (Å²) in [6.45, 7) is 9.54. The first-order valence-corrected chi connectivity index (χ1v) is 25.9. The molecular formula is C48H58Cl4FN4O11P. The Morgan fingerprint density at radius 3 is 2.10 bits per heavy atom. The van der Waals surface area contributed by atoms with Crippen molar-refractivity contribution in [2.24, 2.45) is 5.73 Å². The molecule has 4 amide bonds. The molecule has 6 rings (SSSR count). The van der Waals surface area contributed by atoms with Gasteiger partial charge in [0.05, 0.1) is 28.1 Å². The number of hydrogen-bond donors (Lipinski definition) is 3. The highest BCUT2D eigenvalue weighted by Gasteiger charge is 2.41. The van der Waals surface area contributed by atoms with Crippen molar-refractivity contribution in [3.63, 3.8) is 0 Å². The highest BCUT2D eigenvalue weighted by atomic mass is 35.5. The number of aliphatic carboxylic acids is 1. The molecule has 2 heterocycles. The van der Waals surface area contributed by atoms with Gasteiger partial charge >= 0.3 is 5.97 Å². The van der Waals surface area contributed by atoms with E-state index in [1.54, 1.807) is 23.8 Å². The number of ether oxygens (including phenoxy) is 3. The molecule has 3 aromatic rings. The summed E-state index contributed by atoms with van der Waals surface area (Å²) in [5.74, 6) is -0.131. The van der Waals surface area contributed by atoms with Crippen LogP contribution < -0.4 is 29.9 Å². The number of carbonyl (C=O) groups excluding carboxylic acids is 4. The molecular weight excluding hydrogens is 1000 g/mol. The predicted octanol–water partition coefficient (Wildman–Crippen LogP) is 8.90. The molecule has 2 aliphatic heterocycles. The average molecular weight is 1060 g/mol. The number of carbonyl (C=O) groups is 5. The van der Waals surface area contributed by atoms with Gasteiger partial charge in [0.15, 0.2) is 18.3 Å². The fourth-order valence-corrected chi connectivity index (χ4v) is 8.54. The van der Waals surface area contributed by atoms with Crippen LogP contribution in [0.25, 0.3) is 0 Å². The molecule has 4 N–H and O–H groups in total. The van der Waals surface area contributed by atoms with Crippen LogP contribution in [0.5, 0.6) is 11.5 Å². The van der Waals surface area contributed by atoms with Crippen molar-refractivity contribution in [1.82, 2.24) is 0 Å². The molecule has 0 bridgehead atoms. The summed E-state index contributed by atoms with van der Waals surface area (Å²) in [5.41, 5.74) is 9.86. The Morgan fingerprint density at radius 2 is 1.61 bits per heavy atom. The van der Waals surface area contributed by atoms with Crippen molar-refractivity contribution in [2.75, 3.05) is 53.9 Å². The number of hydrogen-bond acceptors (Lipinski definition) is 10. The van der Waals surface area contributed by atoms with E-state index < -0.39 is 48.0 Å². The highest BCUT2D eigenvalue weighted by molar-refractivity contribution is 7.57. The number of anilines is 3. The summed E-state index contributed by atoms with van der Waals surface area (Å²) in [4.78, 5) is 70.8. The van der Waals surface area contributed by atoms with E-state index in [1.807, 2.05) is 49.4 Å². The fourth-order valence-electron chi connectivity index (χ4n) is 7.23. The molecule has 15 nitrogen and oxygen atoms in total. The Labute approximate surface area is 422 Å². The second-order valence-electron chi connectivity index (χ2n) is 15.9. The second kappa shape index (κ2) is 27.6. The topological polar surface area (TPSA) is 206 Å². The molecule has 69 heavy (non-hydrogen) atoms. The standard InChI is InChI=1S/C18H15ClFNO3.C14H20ClNO2.C11H11Cl2NO2.C5H12NO4P/c1-3-10(2)24-16-9-15(14(20)8-13(16)19)21-17(22)11-6-4-5-7-12(11)18(21)23;1-4-11-7-6-8-12(5-2)14(11)16(10-18-3)13(17)9-15;1-7-6-16-9-5-3-2-4-8(9)14(7)11(15)10(12)13;1-11(9,10)3-2-4(6)5(7)8/h1,8-10H,4-7H2,2H3;6-8H,4-5,9-10H2,1-3H3;2-5,7,10H,6H2,1H3;4H,2-3,6H2,1H3,(H,7,8)(H,9,10). The number of nitrogens with zero attached hydrogens (tertiary/aromatic N) is 3. The van der Waals surface area contributed by atoms with E-state index in [0.29, 0.717) is 36.3 Å². The van der Waals surface area contributed by atoms with Gasteiger partial charge in [-0.1, -0.05) is 84.9 Å². The van der Waals surface area contributed by atoms with Gasteiger partial charge in [-0.25, -0.2) is 9.29 Å². The van der Waals surface area contributed by atoms with Crippen molar-refractivity contribution in [3.05, 3.63) is 87.7 Å². The van der Waals surface area contributed by atoms with Crippen LogP contribution in [0.1, 0.15) is 70.9 Å². The minimum absolute atomic E-state index is 0.0233. The minimum Gasteiger partial charge on any atom is -0.489 e. The summed E-state index contributed by atoms with van der Waals surface area (Å²) in [6, 6.07) is 14.6. The molecule has 4 atom stereocenters. The van der Waals surface area contributed by atoms with Crippen molar-refractivity contribution in [3.8, 4) is 23.8 Å². The summed E-state index contributed by atoms with van der Waals surface area (Å²) >= 11 is 22.9. The minimum atomic E-state index is -3.10. The van der Waals surface area contributed by atoms with Gasteiger partial charge in [0.1, 0.15) is 42.6 Å². The second-order valence-corrected chi connectivity index (χ2v) is 20.2. The lowest BCUT2D eigenvalue weighted by Gasteiger charge is -2.35. The number of rotatable bonds is 14. The van der Waals surface area contributed by atoms with E-state index in [9.17, 15) is 32.9 Å². The van der Waals surface area contributed by atoms with Crippen molar-refractivity contribution < 1.29 is 57.1 Å². The van der Waals surface area contributed by atoms with Gasteiger partial charge in [-0.2, -0.15) is 0 Å².